The Balaban J connectivity index is 3.00. The SMILES string of the molecule is CCCc1cc(C(=O)NC(C(N)=O)C(C)C)cc(NC)n1. The van der Waals surface area contributed by atoms with E-state index >= 15 is 0 Å². The molecule has 0 aliphatic rings. The molecule has 4 N–H and O–H groups in total. The summed E-state index contributed by atoms with van der Waals surface area (Å²) >= 11 is 0. The van der Waals surface area contributed by atoms with Crippen molar-refractivity contribution in [3.8, 4) is 0 Å². The third kappa shape index (κ3) is 4.73. The number of aromatic nitrogens is 1. The van der Waals surface area contributed by atoms with Crippen LogP contribution in [0.5, 0.6) is 0 Å². The maximum absolute atomic E-state index is 12.3. The van der Waals surface area contributed by atoms with E-state index in [0.29, 0.717) is 11.4 Å². The summed E-state index contributed by atoms with van der Waals surface area (Å²) in [5, 5.41) is 5.62. The van der Waals surface area contributed by atoms with Crippen molar-refractivity contribution in [3.05, 3.63) is 23.4 Å². The lowest BCUT2D eigenvalue weighted by Crippen LogP contribution is -2.47. The van der Waals surface area contributed by atoms with Crippen molar-refractivity contribution in [2.24, 2.45) is 11.7 Å². The third-order valence-electron chi connectivity index (χ3n) is 3.16. The monoisotopic (exact) mass is 292 g/mol. The van der Waals surface area contributed by atoms with Crippen LogP contribution in [0.2, 0.25) is 0 Å². The number of nitrogens with two attached hydrogens (primary N) is 1. The molecule has 21 heavy (non-hydrogen) atoms. The Labute approximate surface area is 125 Å². The summed E-state index contributed by atoms with van der Waals surface area (Å²) in [5.74, 6) is -0.280. The molecule has 0 aliphatic carbocycles. The Kier molecular flexibility index (Phi) is 6.14. The number of carbonyl (C=O) groups is 2. The largest absolute Gasteiger partial charge is 0.373 e. The minimum absolute atomic E-state index is 0.0628. The van der Waals surface area contributed by atoms with E-state index in [2.05, 4.69) is 22.5 Å². The van der Waals surface area contributed by atoms with E-state index in [-0.39, 0.29) is 11.8 Å². The average Bonchev–Trinajstić information content (AvgIpc) is 2.43. The second-order valence-electron chi connectivity index (χ2n) is 5.33. The van der Waals surface area contributed by atoms with Crippen LogP contribution >= 0.6 is 0 Å². The van der Waals surface area contributed by atoms with Crippen LogP contribution in [-0.2, 0) is 11.2 Å². The van der Waals surface area contributed by atoms with Crippen molar-refractivity contribution < 1.29 is 9.59 Å². The van der Waals surface area contributed by atoms with Gasteiger partial charge in [0.25, 0.3) is 5.91 Å². The molecule has 0 bridgehead atoms. The molecule has 0 saturated heterocycles. The summed E-state index contributed by atoms with van der Waals surface area (Å²) < 4.78 is 0. The standard InChI is InChI=1S/C15H24N4O2/c1-5-6-11-7-10(8-12(17-4)18-11)15(21)19-13(9(2)3)14(16)20/h7-9,13H,5-6H2,1-4H3,(H2,16,20)(H,17,18)(H,19,21). The van der Waals surface area contributed by atoms with Gasteiger partial charge in [-0.1, -0.05) is 27.2 Å². The van der Waals surface area contributed by atoms with Gasteiger partial charge in [-0.25, -0.2) is 4.98 Å². The molecule has 1 rings (SSSR count). The molecular weight excluding hydrogens is 268 g/mol. The van der Waals surface area contributed by atoms with Gasteiger partial charge in [-0.3, -0.25) is 9.59 Å². The number of hydrogen-bond acceptors (Lipinski definition) is 4. The van der Waals surface area contributed by atoms with Crippen molar-refractivity contribution in [2.75, 3.05) is 12.4 Å². The summed E-state index contributed by atoms with van der Waals surface area (Å²) in [6.07, 6.45) is 1.73. The number of nitrogens with one attached hydrogen (secondary N) is 2. The molecule has 1 heterocycles. The molecule has 116 valence electrons. The van der Waals surface area contributed by atoms with Gasteiger partial charge in [-0.05, 0) is 24.5 Å². The second-order valence-corrected chi connectivity index (χ2v) is 5.33. The maximum Gasteiger partial charge on any atom is 0.252 e. The molecule has 0 saturated carbocycles. The van der Waals surface area contributed by atoms with Crippen molar-refractivity contribution in [1.82, 2.24) is 10.3 Å². The highest BCUT2D eigenvalue weighted by Gasteiger charge is 2.22. The van der Waals surface area contributed by atoms with Crippen LogP contribution in [0.3, 0.4) is 0 Å². The first-order valence-electron chi connectivity index (χ1n) is 7.17. The predicted molar refractivity (Wildman–Crippen MR) is 83.1 cm³/mol. The molecule has 0 spiro atoms. The van der Waals surface area contributed by atoms with Gasteiger partial charge in [0, 0.05) is 18.3 Å². The van der Waals surface area contributed by atoms with Gasteiger partial charge in [0.2, 0.25) is 5.91 Å². The minimum Gasteiger partial charge on any atom is -0.373 e. The lowest BCUT2D eigenvalue weighted by molar-refractivity contribution is -0.120. The smallest absolute Gasteiger partial charge is 0.252 e. The van der Waals surface area contributed by atoms with Gasteiger partial charge in [-0.15, -0.1) is 0 Å². The van der Waals surface area contributed by atoms with E-state index in [9.17, 15) is 9.59 Å². The number of rotatable bonds is 7. The topological polar surface area (TPSA) is 97.1 Å². The highest BCUT2D eigenvalue weighted by Crippen LogP contribution is 2.13. The number of pyridine rings is 1. The molecule has 1 unspecified atom stereocenters. The number of carbonyl (C=O) groups excluding carboxylic acids is 2. The van der Waals surface area contributed by atoms with E-state index < -0.39 is 11.9 Å². The van der Waals surface area contributed by atoms with Crippen LogP contribution in [0.25, 0.3) is 0 Å². The first-order valence-corrected chi connectivity index (χ1v) is 7.17. The molecule has 0 fully saturated rings. The Morgan fingerprint density at radius 2 is 2.00 bits per heavy atom. The van der Waals surface area contributed by atoms with Crippen molar-refractivity contribution in [1.29, 1.82) is 0 Å². The minimum atomic E-state index is -0.682. The zero-order valence-electron chi connectivity index (χ0n) is 13.1. The van der Waals surface area contributed by atoms with Crippen LogP contribution in [0.4, 0.5) is 5.82 Å². The molecule has 6 nitrogen and oxygen atoms in total. The summed E-state index contributed by atoms with van der Waals surface area (Å²) in [6.45, 7) is 5.73. The molecule has 2 amide bonds. The Hall–Kier alpha value is -2.11. The molecule has 1 aromatic rings. The zero-order valence-corrected chi connectivity index (χ0v) is 13.1. The number of primary amides is 1. The van der Waals surface area contributed by atoms with Crippen molar-refractivity contribution in [3.63, 3.8) is 0 Å². The number of nitrogens with zero attached hydrogens (tertiary/aromatic N) is 1. The van der Waals surface area contributed by atoms with Gasteiger partial charge in [0.15, 0.2) is 0 Å². The fraction of sp³-hybridized carbons (Fsp3) is 0.533. The average molecular weight is 292 g/mol. The van der Waals surface area contributed by atoms with Gasteiger partial charge < -0.3 is 16.4 Å². The van der Waals surface area contributed by atoms with Crippen LogP contribution < -0.4 is 16.4 Å². The molecular formula is C15H24N4O2. The van der Waals surface area contributed by atoms with E-state index in [1.165, 1.54) is 0 Å². The molecule has 0 aliphatic heterocycles. The maximum atomic E-state index is 12.3. The van der Waals surface area contributed by atoms with Crippen molar-refractivity contribution in [2.45, 2.75) is 39.7 Å². The molecule has 0 radical (unpaired) electrons. The van der Waals surface area contributed by atoms with Crippen LogP contribution in [0, 0.1) is 5.92 Å². The Bertz CT molecular complexity index is 514. The lowest BCUT2D eigenvalue weighted by Gasteiger charge is -2.19. The first kappa shape index (κ1) is 16.9. The van der Waals surface area contributed by atoms with Crippen LogP contribution in [0.1, 0.15) is 43.2 Å². The van der Waals surface area contributed by atoms with E-state index in [1.54, 1.807) is 19.2 Å². The fourth-order valence-electron chi connectivity index (χ4n) is 2.02. The van der Waals surface area contributed by atoms with E-state index in [0.717, 1.165) is 18.5 Å². The van der Waals surface area contributed by atoms with E-state index in [4.69, 9.17) is 5.73 Å². The second kappa shape index (κ2) is 7.61. The summed E-state index contributed by atoms with van der Waals surface area (Å²) in [7, 11) is 1.75. The number of hydrogen-bond donors (Lipinski definition) is 3. The molecule has 0 aromatic carbocycles. The summed E-state index contributed by atoms with van der Waals surface area (Å²) in [4.78, 5) is 28.1. The van der Waals surface area contributed by atoms with Gasteiger partial charge >= 0.3 is 0 Å². The summed E-state index contributed by atoms with van der Waals surface area (Å²) in [5.41, 5.74) is 6.64. The van der Waals surface area contributed by atoms with E-state index in [1.807, 2.05) is 13.8 Å². The highest BCUT2D eigenvalue weighted by molar-refractivity contribution is 5.98. The third-order valence-corrected chi connectivity index (χ3v) is 3.16. The van der Waals surface area contributed by atoms with Crippen molar-refractivity contribution >= 4 is 17.6 Å². The van der Waals surface area contributed by atoms with Crippen LogP contribution in [-0.4, -0.2) is 29.9 Å². The van der Waals surface area contributed by atoms with Gasteiger partial charge in [0.1, 0.15) is 11.9 Å². The van der Waals surface area contributed by atoms with Crippen LogP contribution in [0.15, 0.2) is 12.1 Å². The summed E-state index contributed by atoms with van der Waals surface area (Å²) in [6, 6.07) is 2.73. The molecule has 6 heteroatoms. The molecule has 1 atom stereocenters. The number of aryl methyl sites for hydroxylation is 1. The fourth-order valence-corrected chi connectivity index (χ4v) is 2.02. The van der Waals surface area contributed by atoms with Gasteiger partial charge in [-0.2, -0.15) is 0 Å². The lowest BCUT2D eigenvalue weighted by atomic mass is 10.0. The first-order chi connectivity index (χ1) is 9.88. The quantitative estimate of drug-likeness (QED) is 0.706. The Morgan fingerprint density at radius 3 is 2.48 bits per heavy atom. The molecule has 1 aromatic heterocycles. The predicted octanol–water partition coefficient (Wildman–Crippen LogP) is 1.32. The Morgan fingerprint density at radius 1 is 1.33 bits per heavy atom. The van der Waals surface area contributed by atoms with Gasteiger partial charge in [0.05, 0.1) is 0 Å². The number of anilines is 1. The highest BCUT2D eigenvalue weighted by atomic mass is 16.2. The normalized spacial score (nSPS) is 12.0. The number of amides is 2. The zero-order chi connectivity index (χ0) is 16.0.